The summed E-state index contributed by atoms with van der Waals surface area (Å²) in [6, 6.07) is 10.9. The standard InChI is InChI=1S/C20H22FN3O4/c1-13(2)28-17-9-8-14(10-18(17)27-3)12-22-24-20(26)11-19(25)23-16-7-5-4-6-15(16)21/h4-10,12-13H,11H2,1-3H3,(H,23,25)(H,24,26). The van der Waals surface area contributed by atoms with E-state index in [9.17, 15) is 14.0 Å². The second-order valence-electron chi connectivity index (χ2n) is 6.07. The maximum Gasteiger partial charge on any atom is 0.249 e. The van der Waals surface area contributed by atoms with Crippen LogP contribution in [-0.4, -0.2) is 31.2 Å². The Balaban J connectivity index is 1.89. The smallest absolute Gasteiger partial charge is 0.249 e. The highest BCUT2D eigenvalue weighted by Crippen LogP contribution is 2.28. The number of halogens is 1. The number of hydrazone groups is 1. The molecule has 0 aliphatic rings. The van der Waals surface area contributed by atoms with E-state index in [-0.39, 0.29) is 11.8 Å². The molecule has 8 heteroatoms. The Kier molecular flexibility index (Phi) is 7.50. The second-order valence-corrected chi connectivity index (χ2v) is 6.07. The molecular formula is C20H22FN3O4. The third kappa shape index (κ3) is 6.39. The van der Waals surface area contributed by atoms with Crippen LogP contribution in [0.15, 0.2) is 47.6 Å². The Bertz CT molecular complexity index is 868. The number of carbonyl (C=O) groups is 2. The minimum absolute atomic E-state index is 0.00297. The van der Waals surface area contributed by atoms with Gasteiger partial charge in [0.25, 0.3) is 0 Å². The molecule has 2 amide bonds. The van der Waals surface area contributed by atoms with Crippen molar-refractivity contribution in [3.63, 3.8) is 0 Å². The van der Waals surface area contributed by atoms with Gasteiger partial charge in [-0.3, -0.25) is 9.59 Å². The first-order valence-electron chi connectivity index (χ1n) is 8.60. The zero-order valence-electron chi connectivity index (χ0n) is 15.9. The molecule has 0 radical (unpaired) electrons. The molecule has 7 nitrogen and oxygen atoms in total. The average molecular weight is 387 g/mol. The highest BCUT2D eigenvalue weighted by Gasteiger charge is 2.11. The van der Waals surface area contributed by atoms with Gasteiger partial charge in [0, 0.05) is 0 Å². The molecule has 0 bridgehead atoms. The van der Waals surface area contributed by atoms with Gasteiger partial charge < -0.3 is 14.8 Å². The molecule has 28 heavy (non-hydrogen) atoms. The van der Waals surface area contributed by atoms with Gasteiger partial charge in [0.15, 0.2) is 11.5 Å². The van der Waals surface area contributed by atoms with Crippen molar-refractivity contribution in [3.05, 3.63) is 53.8 Å². The number of ether oxygens (including phenoxy) is 2. The molecule has 0 spiro atoms. The summed E-state index contributed by atoms with van der Waals surface area (Å²) in [4.78, 5) is 23.6. The van der Waals surface area contributed by atoms with Gasteiger partial charge in [-0.2, -0.15) is 5.10 Å². The van der Waals surface area contributed by atoms with Crippen molar-refractivity contribution in [3.8, 4) is 11.5 Å². The molecule has 2 rings (SSSR count). The summed E-state index contributed by atoms with van der Waals surface area (Å²) in [7, 11) is 1.53. The first-order valence-corrected chi connectivity index (χ1v) is 8.60. The lowest BCUT2D eigenvalue weighted by Gasteiger charge is -2.13. The largest absolute Gasteiger partial charge is 0.493 e. The Labute approximate surface area is 162 Å². The number of hydrogen-bond acceptors (Lipinski definition) is 5. The molecule has 0 saturated carbocycles. The van der Waals surface area contributed by atoms with Gasteiger partial charge in [-0.1, -0.05) is 12.1 Å². The van der Waals surface area contributed by atoms with Crippen LogP contribution in [0.1, 0.15) is 25.8 Å². The van der Waals surface area contributed by atoms with Crippen molar-refractivity contribution in [2.75, 3.05) is 12.4 Å². The van der Waals surface area contributed by atoms with Crippen molar-refractivity contribution in [2.45, 2.75) is 26.4 Å². The fourth-order valence-corrected chi connectivity index (χ4v) is 2.24. The summed E-state index contributed by atoms with van der Waals surface area (Å²) in [6.07, 6.45) is 0.924. The van der Waals surface area contributed by atoms with Crippen molar-refractivity contribution < 1.29 is 23.5 Å². The zero-order chi connectivity index (χ0) is 20.5. The van der Waals surface area contributed by atoms with Crippen molar-refractivity contribution in [1.29, 1.82) is 0 Å². The third-order valence-electron chi connectivity index (χ3n) is 3.42. The van der Waals surface area contributed by atoms with E-state index < -0.39 is 24.1 Å². The van der Waals surface area contributed by atoms with Crippen LogP contribution in [0, 0.1) is 5.82 Å². The molecule has 148 valence electrons. The van der Waals surface area contributed by atoms with Crippen LogP contribution in [0.5, 0.6) is 11.5 Å². The molecule has 0 aromatic heterocycles. The van der Waals surface area contributed by atoms with Crippen molar-refractivity contribution in [1.82, 2.24) is 5.43 Å². The number of nitrogens with zero attached hydrogens (tertiary/aromatic N) is 1. The van der Waals surface area contributed by atoms with Gasteiger partial charge in [-0.15, -0.1) is 0 Å². The highest BCUT2D eigenvalue weighted by atomic mass is 19.1. The summed E-state index contributed by atoms with van der Waals surface area (Å²) in [6.45, 7) is 3.82. The van der Waals surface area contributed by atoms with Crippen LogP contribution in [0.3, 0.4) is 0 Å². The van der Waals surface area contributed by atoms with Crippen LogP contribution in [0.25, 0.3) is 0 Å². The number of rotatable bonds is 8. The summed E-state index contributed by atoms with van der Waals surface area (Å²) < 4.78 is 24.4. The van der Waals surface area contributed by atoms with Crippen LogP contribution in [0.2, 0.25) is 0 Å². The lowest BCUT2D eigenvalue weighted by Crippen LogP contribution is -2.24. The van der Waals surface area contributed by atoms with Gasteiger partial charge in [-0.05, 0) is 49.7 Å². The quantitative estimate of drug-likeness (QED) is 0.414. The van der Waals surface area contributed by atoms with Crippen LogP contribution < -0.4 is 20.2 Å². The van der Waals surface area contributed by atoms with E-state index in [4.69, 9.17) is 9.47 Å². The number of hydrogen-bond donors (Lipinski definition) is 2. The van der Waals surface area contributed by atoms with E-state index in [0.29, 0.717) is 17.1 Å². The highest BCUT2D eigenvalue weighted by molar-refractivity contribution is 6.03. The van der Waals surface area contributed by atoms with E-state index in [2.05, 4.69) is 15.8 Å². The van der Waals surface area contributed by atoms with Crippen LogP contribution in [0.4, 0.5) is 10.1 Å². The number of para-hydroxylation sites is 1. The number of methoxy groups -OCH3 is 1. The molecule has 0 heterocycles. The number of anilines is 1. The second kappa shape index (κ2) is 10.1. The predicted octanol–water partition coefficient (Wildman–Crippen LogP) is 3.10. The van der Waals surface area contributed by atoms with E-state index >= 15 is 0 Å². The molecule has 2 N–H and O–H groups in total. The Morgan fingerprint density at radius 2 is 1.89 bits per heavy atom. The first kappa shape index (κ1) is 20.9. The molecule has 0 atom stereocenters. The van der Waals surface area contributed by atoms with Gasteiger partial charge in [0.05, 0.1) is 25.1 Å². The number of carbonyl (C=O) groups excluding carboxylic acids is 2. The zero-order valence-corrected chi connectivity index (χ0v) is 15.9. The third-order valence-corrected chi connectivity index (χ3v) is 3.42. The Hall–Kier alpha value is -3.42. The van der Waals surface area contributed by atoms with Gasteiger partial charge in [-0.25, -0.2) is 9.82 Å². The lowest BCUT2D eigenvalue weighted by molar-refractivity contribution is -0.126. The Morgan fingerprint density at radius 1 is 1.14 bits per heavy atom. The van der Waals surface area contributed by atoms with Crippen LogP contribution >= 0.6 is 0 Å². The normalized spacial score (nSPS) is 10.8. The monoisotopic (exact) mass is 387 g/mol. The first-order chi connectivity index (χ1) is 13.4. The molecule has 0 aliphatic carbocycles. The van der Waals surface area contributed by atoms with Gasteiger partial charge >= 0.3 is 0 Å². The van der Waals surface area contributed by atoms with Crippen molar-refractivity contribution in [2.24, 2.45) is 5.10 Å². The lowest BCUT2D eigenvalue weighted by atomic mass is 10.2. The maximum absolute atomic E-state index is 13.5. The van der Waals surface area contributed by atoms with E-state index in [0.717, 1.165) is 0 Å². The summed E-state index contributed by atoms with van der Waals surface area (Å²) in [5, 5.41) is 6.14. The average Bonchev–Trinajstić information content (AvgIpc) is 2.64. The summed E-state index contributed by atoms with van der Waals surface area (Å²) >= 11 is 0. The molecule has 0 fully saturated rings. The molecule has 0 aliphatic heterocycles. The Morgan fingerprint density at radius 3 is 2.57 bits per heavy atom. The molecular weight excluding hydrogens is 365 g/mol. The summed E-state index contributed by atoms with van der Waals surface area (Å²) in [5.74, 6) is -0.712. The van der Waals surface area contributed by atoms with E-state index in [1.54, 1.807) is 24.3 Å². The van der Waals surface area contributed by atoms with Gasteiger partial charge in [0.1, 0.15) is 12.2 Å². The topological polar surface area (TPSA) is 89.0 Å². The summed E-state index contributed by atoms with van der Waals surface area (Å²) in [5.41, 5.74) is 2.93. The van der Waals surface area contributed by atoms with Gasteiger partial charge in [0.2, 0.25) is 11.8 Å². The van der Waals surface area contributed by atoms with Crippen molar-refractivity contribution >= 4 is 23.7 Å². The van der Waals surface area contributed by atoms with E-state index in [1.807, 2.05) is 13.8 Å². The number of nitrogens with one attached hydrogen (secondary N) is 2. The minimum Gasteiger partial charge on any atom is -0.493 e. The molecule has 2 aromatic rings. The molecule has 0 saturated heterocycles. The fourth-order valence-electron chi connectivity index (χ4n) is 2.24. The number of benzene rings is 2. The fraction of sp³-hybridized carbons (Fsp3) is 0.250. The van der Waals surface area contributed by atoms with E-state index in [1.165, 1.54) is 31.5 Å². The SMILES string of the molecule is COc1cc(C=NNC(=O)CC(=O)Nc2ccccc2F)ccc1OC(C)C. The molecule has 0 unspecified atom stereocenters. The minimum atomic E-state index is -0.644. The maximum atomic E-state index is 13.5. The predicted molar refractivity (Wildman–Crippen MR) is 104 cm³/mol. The number of amides is 2. The van der Waals surface area contributed by atoms with Crippen LogP contribution in [-0.2, 0) is 9.59 Å². The molecule has 2 aromatic carbocycles.